The van der Waals surface area contributed by atoms with Crippen molar-refractivity contribution in [3.63, 3.8) is 0 Å². The zero-order valence-electron chi connectivity index (χ0n) is 14.8. The summed E-state index contributed by atoms with van der Waals surface area (Å²) >= 11 is 3.37. The van der Waals surface area contributed by atoms with Gasteiger partial charge >= 0.3 is 5.97 Å². The molecule has 0 aliphatic carbocycles. The van der Waals surface area contributed by atoms with Gasteiger partial charge in [-0.25, -0.2) is 0 Å². The van der Waals surface area contributed by atoms with Crippen molar-refractivity contribution in [3.8, 4) is 5.75 Å². The minimum atomic E-state index is -0.852. The molecule has 2 rings (SSSR count). The number of ether oxygens (including phenoxy) is 2. The van der Waals surface area contributed by atoms with Crippen molar-refractivity contribution in [2.45, 2.75) is 32.8 Å². The minimum absolute atomic E-state index is 0.191. The van der Waals surface area contributed by atoms with Gasteiger partial charge in [-0.3, -0.25) is 9.59 Å². The van der Waals surface area contributed by atoms with Gasteiger partial charge in [0.15, 0.2) is 6.10 Å². The maximum atomic E-state index is 12.1. The van der Waals surface area contributed by atoms with Crippen molar-refractivity contribution in [2.75, 3.05) is 11.9 Å². The average molecular weight is 420 g/mol. The Balaban J connectivity index is 1.67. The van der Waals surface area contributed by atoms with Crippen LogP contribution in [0.5, 0.6) is 5.75 Å². The molecule has 2 aromatic rings. The number of hydrogen-bond donors (Lipinski definition) is 1. The second-order valence-corrected chi connectivity index (χ2v) is 6.81. The minimum Gasteiger partial charge on any atom is -0.494 e. The van der Waals surface area contributed by atoms with E-state index in [4.69, 9.17) is 9.47 Å². The normalized spacial score (nSPS) is 11.5. The fraction of sp³-hybridized carbons (Fsp3) is 0.300. The third-order valence-electron chi connectivity index (χ3n) is 3.59. The fourth-order valence-electron chi connectivity index (χ4n) is 2.15. The van der Waals surface area contributed by atoms with Crippen LogP contribution in [0.3, 0.4) is 0 Å². The Bertz CT molecular complexity index is 746. The van der Waals surface area contributed by atoms with Crippen LogP contribution in [0, 0.1) is 6.92 Å². The summed E-state index contributed by atoms with van der Waals surface area (Å²) in [6.45, 7) is 3.92. The largest absolute Gasteiger partial charge is 0.494 e. The third kappa shape index (κ3) is 6.88. The molecular formula is C20H22BrNO4. The van der Waals surface area contributed by atoms with Crippen molar-refractivity contribution < 1.29 is 19.1 Å². The molecule has 0 heterocycles. The molecule has 1 amide bonds. The molecule has 1 N–H and O–H groups in total. The topological polar surface area (TPSA) is 64.6 Å². The smallest absolute Gasteiger partial charge is 0.306 e. The van der Waals surface area contributed by atoms with Crippen molar-refractivity contribution in [3.05, 3.63) is 58.6 Å². The maximum absolute atomic E-state index is 12.1. The van der Waals surface area contributed by atoms with Crippen LogP contribution in [0.25, 0.3) is 0 Å². The monoisotopic (exact) mass is 419 g/mol. The highest BCUT2D eigenvalue weighted by Crippen LogP contribution is 2.18. The Morgan fingerprint density at radius 1 is 1.15 bits per heavy atom. The number of esters is 1. The van der Waals surface area contributed by atoms with Gasteiger partial charge in [0, 0.05) is 16.6 Å². The van der Waals surface area contributed by atoms with Gasteiger partial charge in [0.05, 0.1) is 6.61 Å². The lowest BCUT2D eigenvalue weighted by atomic mass is 10.2. The van der Waals surface area contributed by atoms with E-state index in [0.717, 1.165) is 15.8 Å². The van der Waals surface area contributed by atoms with Crippen LogP contribution in [0.1, 0.15) is 25.3 Å². The summed E-state index contributed by atoms with van der Waals surface area (Å²) in [5.41, 5.74) is 1.78. The van der Waals surface area contributed by atoms with E-state index in [1.54, 1.807) is 19.1 Å². The number of benzene rings is 2. The number of carbonyl (C=O) groups excluding carboxylic acids is 2. The van der Waals surface area contributed by atoms with Gasteiger partial charge in [0.1, 0.15) is 5.75 Å². The number of carbonyl (C=O) groups is 2. The molecule has 0 bridgehead atoms. The summed E-state index contributed by atoms with van der Waals surface area (Å²) in [7, 11) is 0. The van der Waals surface area contributed by atoms with E-state index in [9.17, 15) is 9.59 Å². The first-order valence-corrected chi connectivity index (χ1v) is 9.19. The van der Waals surface area contributed by atoms with E-state index < -0.39 is 12.1 Å². The summed E-state index contributed by atoms with van der Waals surface area (Å²) < 4.78 is 11.7. The Morgan fingerprint density at radius 2 is 1.88 bits per heavy atom. The molecule has 5 nitrogen and oxygen atoms in total. The first kappa shape index (κ1) is 20.0. The molecule has 0 saturated carbocycles. The molecule has 138 valence electrons. The molecule has 0 aliphatic rings. The standard InChI is InChI=1S/C20H22BrNO4/c1-14-8-10-17(11-9-14)22-20(24)15(2)26-19(23)7-4-12-25-18-6-3-5-16(21)13-18/h3,5-6,8-11,13,15H,4,7,12H2,1-2H3,(H,22,24)/t15-/m0/s1. The van der Waals surface area contributed by atoms with E-state index in [1.807, 2.05) is 43.3 Å². The molecule has 1 atom stereocenters. The van der Waals surface area contributed by atoms with Crippen LogP contribution in [0.15, 0.2) is 53.0 Å². The summed E-state index contributed by atoms with van der Waals surface area (Å²) in [5, 5.41) is 2.72. The first-order valence-electron chi connectivity index (χ1n) is 8.39. The van der Waals surface area contributed by atoms with Crippen LogP contribution in [-0.4, -0.2) is 24.6 Å². The molecule has 0 radical (unpaired) electrons. The predicted molar refractivity (Wildman–Crippen MR) is 104 cm³/mol. The van der Waals surface area contributed by atoms with Crippen LogP contribution >= 0.6 is 15.9 Å². The molecule has 0 spiro atoms. The van der Waals surface area contributed by atoms with Gasteiger partial charge < -0.3 is 14.8 Å². The molecule has 6 heteroatoms. The first-order chi connectivity index (χ1) is 12.4. The van der Waals surface area contributed by atoms with Gasteiger partial charge in [0.2, 0.25) is 0 Å². The van der Waals surface area contributed by atoms with Crippen molar-refractivity contribution in [2.24, 2.45) is 0 Å². The molecule has 2 aromatic carbocycles. The predicted octanol–water partition coefficient (Wildman–Crippen LogP) is 4.49. The second-order valence-electron chi connectivity index (χ2n) is 5.90. The summed E-state index contributed by atoms with van der Waals surface area (Å²) in [6.07, 6.45) is -0.150. The zero-order chi connectivity index (χ0) is 18.9. The maximum Gasteiger partial charge on any atom is 0.306 e. The lowest BCUT2D eigenvalue weighted by Crippen LogP contribution is -2.30. The molecule has 0 saturated heterocycles. The van der Waals surface area contributed by atoms with E-state index in [2.05, 4.69) is 21.2 Å². The number of anilines is 1. The number of hydrogen-bond acceptors (Lipinski definition) is 4. The highest BCUT2D eigenvalue weighted by atomic mass is 79.9. The van der Waals surface area contributed by atoms with Crippen LogP contribution in [0.4, 0.5) is 5.69 Å². The molecule has 0 aromatic heterocycles. The highest BCUT2D eigenvalue weighted by Gasteiger charge is 2.17. The number of nitrogens with one attached hydrogen (secondary N) is 1. The highest BCUT2D eigenvalue weighted by molar-refractivity contribution is 9.10. The second kappa shape index (κ2) is 9.97. The van der Waals surface area contributed by atoms with E-state index in [0.29, 0.717) is 18.7 Å². The van der Waals surface area contributed by atoms with Gasteiger partial charge in [-0.1, -0.05) is 39.7 Å². The SMILES string of the molecule is Cc1ccc(NC(=O)[C@H](C)OC(=O)CCCOc2cccc(Br)c2)cc1. The Hall–Kier alpha value is -2.34. The van der Waals surface area contributed by atoms with Crippen LogP contribution in [-0.2, 0) is 14.3 Å². The molecular weight excluding hydrogens is 398 g/mol. The molecule has 0 unspecified atom stereocenters. The number of amides is 1. The average Bonchev–Trinajstić information content (AvgIpc) is 2.60. The van der Waals surface area contributed by atoms with Crippen LogP contribution in [0.2, 0.25) is 0 Å². The van der Waals surface area contributed by atoms with Gasteiger partial charge in [-0.05, 0) is 50.6 Å². The Labute approximate surface area is 161 Å². The zero-order valence-corrected chi connectivity index (χ0v) is 16.4. The number of rotatable bonds is 8. The lowest BCUT2D eigenvalue weighted by Gasteiger charge is -2.14. The summed E-state index contributed by atoms with van der Waals surface area (Å²) in [5.74, 6) is -0.0411. The molecule has 0 fully saturated rings. The Morgan fingerprint density at radius 3 is 2.58 bits per heavy atom. The van der Waals surface area contributed by atoms with E-state index in [1.165, 1.54) is 0 Å². The van der Waals surface area contributed by atoms with Crippen molar-refractivity contribution >= 4 is 33.5 Å². The van der Waals surface area contributed by atoms with Gasteiger partial charge in [-0.2, -0.15) is 0 Å². The Kier molecular flexibility index (Phi) is 7.66. The lowest BCUT2D eigenvalue weighted by molar-refractivity contribution is -0.153. The van der Waals surface area contributed by atoms with E-state index >= 15 is 0 Å². The number of aryl methyl sites for hydroxylation is 1. The number of halogens is 1. The fourth-order valence-corrected chi connectivity index (χ4v) is 2.53. The summed E-state index contributed by atoms with van der Waals surface area (Å²) in [6, 6.07) is 14.9. The summed E-state index contributed by atoms with van der Waals surface area (Å²) in [4.78, 5) is 23.9. The quantitative estimate of drug-likeness (QED) is 0.505. The van der Waals surface area contributed by atoms with Crippen molar-refractivity contribution in [1.29, 1.82) is 0 Å². The van der Waals surface area contributed by atoms with Gasteiger partial charge in [-0.15, -0.1) is 0 Å². The van der Waals surface area contributed by atoms with Crippen LogP contribution < -0.4 is 10.1 Å². The van der Waals surface area contributed by atoms with Crippen molar-refractivity contribution in [1.82, 2.24) is 0 Å². The molecule has 0 aliphatic heterocycles. The third-order valence-corrected chi connectivity index (χ3v) is 4.08. The molecule has 26 heavy (non-hydrogen) atoms. The van der Waals surface area contributed by atoms with E-state index in [-0.39, 0.29) is 12.3 Å². The van der Waals surface area contributed by atoms with Gasteiger partial charge in [0.25, 0.3) is 5.91 Å².